The van der Waals surface area contributed by atoms with Crippen molar-refractivity contribution in [3.8, 4) is 5.75 Å². The van der Waals surface area contributed by atoms with Gasteiger partial charge in [-0.1, -0.05) is 0 Å². The number of amides is 1. The molecule has 92 valence electrons. The lowest BCUT2D eigenvalue weighted by Crippen LogP contribution is -2.48. The maximum atomic E-state index is 12.0. The van der Waals surface area contributed by atoms with E-state index in [4.69, 9.17) is 4.74 Å². The van der Waals surface area contributed by atoms with Gasteiger partial charge in [0, 0.05) is 30.0 Å². The van der Waals surface area contributed by atoms with Crippen molar-refractivity contribution >= 4 is 21.8 Å². The van der Waals surface area contributed by atoms with Gasteiger partial charge in [0.15, 0.2) is 0 Å². The molecular weight excluding hydrogens is 284 g/mol. The number of nitrogens with one attached hydrogen (secondary N) is 2. The molecule has 1 fully saturated rings. The van der Waals surface area contributed by atoms with E-state index in [0.29, 0.717) is 17.2 Å². The van der Waals surface area contributed by atoms with Crippen molar-refractivity contribution in [2.45, 2.75) is 0 Å². The maximum Gasteiger partial charge on any atom is 0.252 e. The summed E-state index contributed by atoms with van der Waals surface area (Å²) in [5, 5.41) is 6.10. The Balaban J connectivity index is 2.01. The second-order valence-corrected chi connectivity index (χ2v) is 4.93. The Bertz CT molecular complexity index is 419. The Morgan fingerprint density at radius 1 is 1.59 bits per heavy atom. The van der Waals surface area contributed by atoms with Crippen LogP contribution in [0, 0.1) is 5.92 Å². The summed E-state index contributed by atoms with van der Waals surface area (Å²) in [5.74, 6) is 1.18. The number of carbonyl (C=O) groups excluding carboxylic acids is 1. The van der Waals surface area contributed by atoms with Crippen molar-refractivity contribution in [2.24, 2.45) is 5.92 Å². The summed E-state index contributed by atoms with van der Waals surface area (Å²) in [7, 11) is 1.59. The third-order valence-corrected chi connectivity index (χ3v) is 3.53. The fourth-order valence-electron chi connectivity index (χ4n) is 1.63. The third kappa shape index (κ3) is 2.98. The zero-order chi connectivity index (χ0) is 12.3. The molecule has 1 amide bonds. The van der Waals surface area contributed by atoms with Crippen LogP contribution < -0.4 is 15.4 Å². The number of benzene rings is 1. The molecule has 0 spiro atoms. The Morgan fingerprint density at radius 2 is 2.35 bits per heavy atom. The SMILES string of the molecule is COc1ccc(Br)c(C(=O)NCC2CNC2)c1. The predicted octanol–water partition coefficient (Wildman–Crippen LogP) is 1.41. The first-order chi connectivity index (χ1) is 8.20. The van der Waals surface area contributed by atoms with E-state index in [-0.39, 0.29) is 5.91 Å². The summed E-state index contributed by atoms with van der Waals surface area (Å²) in [4.78, 5) is 12.0. The van der Waals surface area contributed by atoms with Crippen LogP contribution in [0.5, 0.6) is 5.75 Å². The molecule has 0 aromatic heterocycles. The predicted molar refractivity (Wildman–Crippen MR) is 69.4 cm³/mol. The van der Waals surface area contributed by atoms with Crippen LogP contribution in [0.3, 0.4) is 0 Å². The molecule has 0 bridgehead atoms. The summed E-state index contributed by atoms with van der Waals surface area (Å²) in [6.07, 6.45) is 0. The topological polar surface area (TPSA) is 50.4 Å². The quantitative estimate of drug-likeness (QED) is 0.884. The molecule has 1 aromatic carbocycles. The maximum absolute atomic E-state index is 12.0. The van der Waals surface area contributed by atoms with Gasteiger partial charge in [0.1, 0.15) is 5.75 Å². The van der Waals surface area contributed by atoms with Crippen LogP contribution in [0.15, 0.2) is 22.7 Å². The number of hydrogen-bond donors (Lipinski definition) is 2. The summed E-state index contributed by atoms with van der Waals surface area (Å²) in [6.45, 7) is 2.69. The van der Waals surface area contributed by atoms with Gasteiger partial charge < -0.3 is 15.4 Å². The first-order valence-electron chi connectivity index (χ1n) is 5.53. The van der Waals surface area contributed by atoms with Crippen LogP contribution in [0.4, 0.5) is 0 Å². The second kappa shape index (κ2) is 5.51. The van der Waals surface area contributed by atoms with Gasteiger partial charge in [0.25, 0.3) is 5.91 Å². The zero-order valence-corrected chi connectivity index (χ0v) is 11.2. The van der Waals surface area contributed by atoms with Crippen LogP contribution >= 0.6 is 15.9 Å². The van der Waals surface area contributed by atoms with E-state index < -0.39 is 0 Å². The first kappa shape index (κ1) is 12.4. The van der Waals surface area contributed by atoms with Gasteiger partial charge >= 0.3 is 0 Å². The van der Waals surface area contributed by atoms with E-state index in [0.717, 1.165) is 24.1 Å². The molecule has 1 saturated heterocycles. The summed E-state index contributed by atoms with van der Waals surface area (Å²) in [5.41, 5.74) is 0.608. The average Bonchev–Trinajstić information content (AvgIpc) is 2.27. The molecule has 1 aliphatic rings. The molecule has 0 aliphatic carbocycles. The molecule has 4 nitrogen and oxygen atoms in total. The first-order valence-corrected chi connectivity index (χ1v) is 6.32. The summed E-state index contributed by atoms with van der Waals surface area (Å²) < 4.78 is 5.89. The average molecular weight is 299 g/mol. The fraction of sp³-hybridized carbons (Fsp3) is 0.417. The summed E-state index contributed by atoms with van der Waals surface area (Å²) >= 11 is 3.37. The van der Waals surface area contributed by atoms with Crippen LogP contribution in [0.2, 0.25) is 0 Å². The number of halogens is 1. The molecule has 2 rings (SSSR count). The van der Waals surface area contributed by atoms with E-state index in [1.807, 2.05) is 12.1 Å². The minimum atomic E-state index is -0.0670. The van der Waals surface area contributed by atoms with Crippen LogP contribution in [-0.4, -0.2) is 32.7 Å². The molecule has 1 aromatic rings. The van der Waals surface area contributed by atoms with Crippen molar-refractivity contribution < 1.29 is 9.53 Å². The van der Waals surface area contributed by atoms with Crippen LogP contribution in [0.25, 0.3) is 0 Å². The molecule has 5 heteroatoms. The minimum absolute atomic E-state index is 0.0670. The Kier molecular flexibility index (Phi) is 4.02. The van der Waals surface area contributed by atoms with Gasteiger partial charge in [0.05, 0.1) is 12.7 Å². The molecule has 0 radical (unpaired) electrons. The summed E-state index contributed by atoms with van der Waals surface area (Å²) in [6, 6.07) is 5.37. The Morgan fingerprint density at radius 3 is 2.94 bits per heavy atom. The monoisotopic (exact) mass is 298 g/mol. The lowest BCUT2D eigenvalue weighted by Gasteiger charge is -2.27. The molecular formula is C12H15BrN2O2. The molecule has 17 heavy (non-hydrogen) atoms. The highest BCUT2D eigenvalue weighted by atomic mass is 79.9. The lowest BCUT2D eigenvalue weighted by atomic mass is 10.0. The molecule has 0 unspecified atom stereocenters. The van der Waals surface area contributed by atoms with E-state index in [1.165, 1.54) is 0 Å². The Hall–Kier alpha value is -1.07. The molecule has 0 saturated carbocycles. The van der Waals surface area contributed by atoms with Crippen LogP contribution in [-0.2, 0) is 0 Å². The van der Waals surface area contributed by atoms with Gasteiger partial charge in [-0.2, -0.15) is 0 Å². The number of carbonyl (C=O) groups is 1. The molecule has 0 atom stereocenters. The highest BCUT2D eigenvalue weighted by Crippen LogP contribution is 2.22. The van der Waals surface area contributed by atoms with E-state index in [9.17, 15) is 4.79 Å². The highest BCUT2D eigenvalue weighted by Gasteiger charge is 2.18. The highest BCUT2D eigenvalue weighted by molar-refractivity contribution is 9.10. The van der Waals surface area contributed by atoms with E-state index in [1.54, 1.807) is 13.2 Å². The van der Waals surface area contributed by atoms with Crippen molar-refractivity contribution in [1.29, 1.82) is 0 Å². The molecule has 1 heterocycles. The van der Waals surface area contributed by atoms with E-state index in [2.05, 4.69) is 26.6 Å². The van der Waals surface area contributed by atoms with Gasteiger partial charge in [0.2, 0.25) is 0 Å². The molecule has 1 aliphatic heterocycles. The smallest absolute Gasteiger partial charge is 0.252 e. The van der Waals surface area contributed by atoms with Crippen molar-refractivity contribution in [3.05, 3.63) is 28.2 Å². The third-order valence-electron chi connectivity index (χ3n) is 2.84. The van der Waals surface area contributed by atoms with Crippen LogP contribution in [0.1, 0.15) is 10.4 Å². The zero-order valence-electron chi connectivity index (χ0n) is 9.63. The number of rotatable bonds is 4. The van der Waals surface area contributed by atoms with Gasteiger partial charge in [-0.3, -0.25) is 4.79 Å². The standard InChI is InChI=1S/C12H15BrN2O2/c1-17-9-2-3-11(13)10(4-9)12(16)15-7-8-5-14-6-8/h2-4,8,14H,5-7H2,1H3,(H,15,16). The van der Waals surface area contributed by atoms with Crippen molar-refractivity contribution in [2.75, 3.05) is 26.7 Å². The molecule has 2 N–H and O–H groups in total. The minimum Gasteiger partial charge on any atom is -0.497 e. The van der Waals surface area contributed by atoms with Gasteiger partial charge in [-0.15, -0.1) is 0 Å². The second-order valence-electron chi connectivity index (χ2n) is 4.08. The lowest BCUT2D eigenvalue weighted by molar-refractivity contribution is 0.0941. The van der Waals surface area contributed by atoms with Gasteiger partial charge in [-0.05, 0) is 34.1 Å². The largest absolute Gasteiger partial charge is 0.497 e. The van der Waals surface area contributed by atoms with Crippen molar-refractivity contribution in [1.82, 2.24) is 10.6 Å². The normalized spacial score (nSPS) is 15.2. The fourth-order valence-corrected chi connectivity index (χ4v) is 2.06. The van der Waals surface area contributed by atoms with E-state index >= 15 is 0 Å². The van der Waals surface area contributed by atoms with Gasteiger partial charge in [-0.25, -0.2) is 0 Å². The number of ether oxygens (including phenoxy) is 1. The number of methoxy groups -OCH3 is 1. The number of hydrogen-bond acceptors (Lipinski definition) is 3. The van der Waals surface area contributed by atoms with Crippen molar-refractivity contribution in [3.63, 3.8) is 0 Å². The Labute approximate surface area is 109 Å².